The number of hydrogen-bond acceptors (Lipinski definition) is 3. The molecule has 0 unspecified atom stereocenters. The van der Waals surface area contributed by atoms with E-state index in [1.807, 2.05) is 11.4 Å². The van der Waals surface area contributed by atoms with Gasteiger partial charge in [-0.25, -0.2) is 0 Å². The Morgan fingerprint density at radius 3 is 3.14 bits per heavy atom. The van der Waals surface area contributed by atoms with Crippen molar-refractivity contribution in [3.8, 4) is 0 Å². The van der Waals surface area contributed by atoms with E-state index in [4.69, 9.17) is 11.6 Å². The number of amides is 1. The van der Waals surface area contributed by atoms with Crippen LogP contribution in [-0.4, -0.2) is 18.5 Å². The molecule has 76 valence electrons. The van der Waals surface area contributed by atoms with Gasteiger partial charge in [-0.2, -0.15) is 0 Å². The van der Waals surface area contributed by atoms with Crippen LogP contribution in [0.5, 0.6) is 0 Å². The third kappa shape index (κ3) is 2.08. The van der Waals surface area contributed by atoms with E-state index in [0.717, 1.165) is 25.1 Å². The van der Waals surface area contributed by atoms with Crippen molar-refractivity contribution < 1.29 is 4.79 Å². The van der Waals surface area contributed by atoms with E-state index in [0.29, 0.717) is 4.34 Å². The van der Waals surface area contributed by atoms with Crippen molar-refractivity contribution >= 4 is 34.5 Å². The highest BCUT2D eigenvalue weighted by Crippen LogP contribution is 2.27. The minimum absolute atomic E-state index is 0.0165. The number of nitrogens with one attached hydrogen (secondary N) is 2. The molecule has 5 heteroatoms. The molecule has 0 saturated carbocycles. The third-order valence-electron chi connectivity index (χ3n) is 2.25. The van der Waals surface area contributed by atoms with Crippen LogP contribution in [0.25, 0.3) is 0 Å². The molecule has 2 rings (SSSR count). The number of carbonyl (C=O) groups excluding carboxylic acids is 1. The number of halogens is 1. The lowest BCUT2D eigenvalue weighted by atomic mass is 10.2. The SMILES string of the molecule is O=C(Nc1ccsc1Cl)[C@H]1CCCN1. The van der Waals surface area contributed by atoms with Gasteiger partial charge >= 0.3 is 0 Å². The molecule has 0 aromatic carbocycles. The van der Waals surface area contributed by atoms with Crippen LogP contribution >= 0.6 is 22.9 Å². The Bertz CT molecular complexity index is 333. The summed E-state index contributed by atoms with van der Waals surface area (Å²) in [6.45, 7) is 0.926. The second-order valence-electron chi connectivity index (χ2n) is 3.25. The lowest BCUT2D eigenvalue weighted by Crippen LogP contribution is -2.35. The zero-order valence-corrected chi connectivity index (χ0v) is 9.12. The monoisotopic (exact) mass is 230 g/mol. The van der Waals surface area contributed by atoms with Crippen molar-refractivity contribution in [1.82, 2.24) is 5.32 Å². The Kier molecular flexibility index (Phi) is 3.05. The van der Waals surface area contributed by atoms with Gasteiger partial charge in [-0.1, -0.05) is 11.6 Å². The average Bonchev–Trinajstić information content (AvgIpc) is 2.77. The Labute approximate surface area is 91.5 Å². The zero-order chi connectivity index (χ0) is 9.97. The fourth-order valence-electron chi connectivity index (χ4n) is 1.51. The highest BCUT2D eigenvalue weighted by atomic mass is 35.5. The fraction of sp³-hybridized carbons (Fsp3) is 0.444. The van der Waals surface area contributed by atoms with Crippen LogP contribution in [0.1, 0.15) is 12.8 Å². The van der Waals surface area contributed by atoms with Gasteiger partial charge in [0.15, 0.2) is 0 Å². The van der Waals surface area contributed by atoms with Crippen LogP contribution in [0.3, 0.4) is 0 Å². The first-order valence-electron chi connectivity index (χ1n) is 4.54. The molecule has 0 spiro atoms. The van der Waals surface area contributed by atoms with Gasteiger partial charge in [0, 0.05) is 0 Å². The van der Waals surface area contributed by atoms with Gasteiger partial charge < -0.3 is 10.6 Å². The first kappa shape index (κ1) is 9.96. The maximum Gasteiger partial charge on any atom is 0.241 e. The van der Waals surface area contributed by atoms with E-state index < -0.39 is 0 Å². The molecule has 1 aliphatic rings. The number of carbonyl (C=O) groups is 1. The van der Waals surface area contributed by atoms with Gasteiger partial charge in [0.2, 0.25) is 5.91 Å². The van der Waals surface area contributed by atoms with Crippen LogP contribution in [0.2, 0.25) is 4.34 Å². The molecular weight excluding hydrogens is 220 g/mol. The second kappa shape index (κ2) is 4.29. The minimum atomic E-state index is -0.0500. The molecule has 1 aliphatic heterocycles. The van der Waals surface area contributed by atoms with E-state index in [2.05, 4.69) is 10.6 Å². The van der Waals surface area contributed by atoms with Crippen molar-refractivity contribution in [2.45, 2.75) is 18.9 Å². The third-order valence-corrected chi connectivity index (χ3v) is 3.42. The van der Waals surface area contributed by atoms with Crippen LogP contribution in [0.4, 0.5) is 5.69 Å². The summed E-state index contributed by atoms with van der Waals surface area (Å²) in [5.41, 5.74) is 0.718. The summed E-state index contributed by atoms with van der Waals surface area (Å²) in [5, 5.41) is 7.81. The molecule has 1 fully saturated rings. The molecule has 0 aliphatic carbocycles. The number of anilines is 1. The first-order chi connectivity index (χ1) is 6.77. The first-order valence-corrected chi connectivity index (χ1v) is 5.80. The molecule has 1 atom stereocenters. The lowest BCUT2D eigenvalue weighted by molar-refractivity contribution is -0.117. The lowest BCUT2D eigenvalue weighted by Gasteiger charge is -2.09. The van der Waals surface area contributed by atoms with Gasteiger partial charge in [0.1, 0.15) is 4.34 Å². The Balaban J connectivity index is 1.97. The normalized spacial score (nSPS) is 21.1. The predicted molar refractivity (Wildman–Crippen MR) is 59.0 cm³/mol. The molecule has 3 nitrogen and oxygen atoms in total. The van der Waals surface area contributed by atoms with E-state index in [9.17, 15) is 4.79 Å². The topological polar surface area (TPSA) is 41.1 Å². The summed E-state index contributed by atoms with van der Waals surface area (Å²) in [7, 11) is 0. The van der Waals surface area contributed by atoms with Gasteiger partial charge in [-0.3, -0.25) is 4.79 Å². The molecule has 0 radical (unpaired) electrons. The minimum Gasteiger partial charge on any atom is -0.323 e. The standard InChI is InChI=1S/C9H11ClN2OS/c10-8-6(3-5-14-8)12-9(13)7-2-1-4-11-7/h3,5,7,11H,1-2,4H2,(H,12,13)/t7-/m1/s1. The Morgan fingerprint density at radius 1 is 1.71 bits per heavy atom. The van der Waals surface area contributed by atoms with E-state index in [-0.39, 0.29) is 11.9 Å². The number of hydrogen-bond donors (Lipinski definition) is 2. The molecule has 1 amide bonds. The number of rotatable bonds is 2. The molecule has 1 aromatic rings. The smallest absolute Gasteiger partial charge is 0.241 e. The maximum atomic E-state index is 11.6. The van der Waals surface area contributed by atoms with Crippen LogP contribution in [0, 0.1) is 0 Å². The molecule has 2 N–H and O–H groups in total. The molecule has 2 heterocycles. The quantitative estimate of drug-likeness (QED) is 0.817. The van der Waals surface area contributed by atoms with Gasteiger partial charge in [0.25, 0.3) is 0 Å². The Hall–Kier alpha value is -0.580. The zero-order valence-electron chi connectivity index (χ0n) is 7.55. The van der Waals surface area contributed by atoms with E-state index >= 15 is 0 Å². The van der Waals surface area contributed by atoms with E-state index in [1.54, 1.807) is 0 Å². The van der Waals surface area contributed by atoms with Crippen LogP contribution in [-0.2, 0) is 4.79 Å². The Morgan fingerprint density at radius 2 is 2.57 bits per heavy atom. The van der Waals surface area contributed by atoms with Crippen molar-refractivity contribution in [2.24, 2.45) is 0 Å². The summed E-state index contributed by atoms with van der Waals surface area (Å²) < 4.78 is 0.636. The van der Waals surface area contributed by atoms with Gasteiger partial charge in [-0.15, -0.1) is 11.3 Å². The summed E-state index contributed by atoms with van der Waals surface area (Å²) >= 11 is 7.29. The molecular formula is C9H11ClN2OS. The summed E-state index contributed by atoms with van der Waals surface area (Å²) in [6.07, 6.45) is 1.98. The molecule has 1 saturated heterocycles. The molecule has 14 heavy (non-hydrogen) atoms. The van der Waals surface area contributed by atoms with Crippen molar-refractivity contribution in [3.63, 3.8) is 0 Å². The highest BCUT2D eigenvalue weighted by Gasteiger charge is 2.22. The molecule has 1 aromatic heterocycles. The second-order valence-corrected chi connectivity index (χ2v) is 4.76. The van der Waals surface area contributed by atoms with Gasteiger partial charge in [0.05, 0.1) is 11.7 Å². The van der Waals surface area contributed by atoms with E-state index in [1.165, 1.54) is 11.3 Å². The van der Waals surface area contributed by atoms with Crippen molar-refractivity contribution in [2.75, 3.05) is 11.9 Å². The van der Waals surface area contributed by atoms with Crippen LogP contribution < -0.4 is 10.6 Å². The summed E-state index contributed by atoms with van der Waals surface area (Å²) in [6, 6.07) is 1.77. The highest BCUT2D eigenvalue weighted by molar-refractivity contribution is 7.15. The van der Waals surface area contributed by atoms with Crippen molar-refractivity contribution in [1.29, 1.82) is 0 Å². The maximum absolute atomic E-state index is 11.6. The fourth-order valence-corrected chi connectivity index (χ4v) is 2.34. The van der Waals surface area contributed by atoms with Gasteiger partial charge in [-0.05, 0) is 30.8 Å². The molecule has 0 bridgehead atoms. The van der Waals surface area contributed by atoms with Crippen molar-refractivity contribution in [3.05, 3.63) is 15.8 Å². The average molecular weight is 231 g/mol. The largest absolute Gasteiger partial charge is 0.323 e. The summed E-state index contributed by atoms with van der Waals surface area (Å²) in [4.78, 5) is 11.6. The number of thiophene rings is 1. The van der Waals surface area contributed by atoms with Crippen LogP contribution in [0.15, 0.2) is 11.4 Å². The summed E-state index contributed by atoms with van der Waals surface area (Å²) in [5.74, 6) is 0.0165. The predicted octanol–water partition coefficient (Wildman–Crippen LogP) is 2.09.